The maximum Gasteiger partial charge on any atom is 0.415 e. The van der Waals surface area contributed by atoms with Gasteiger partial charge in [0.25, 0.3) is 0 Å². The van der Waals surface area contributed by atoms with Gasteiger partial charge < -0.3 is 10.1 Å². The zero-order chi connectivity index (χ0) is 12.5. The molecule has 0 spiro atoms. The minimum Gasteiger partial charge on any atom is -0.376 e. The highest BCUT2D eigenvalue weighted by molar-refractivity contribution is 5.94. The molecular formula is C13H17NO3. The summed E-state index contributed by atoms with van der Waals surface area (Å²) in [4.78, 5) is 23.2. The van der Waals surface area contributed by atoms with Crippen LogP contribution in [0.5, 0.6) is 0 Å². The molecule has 4 nitrogen and oxygen atoms in total. The fourth-order valence-electron chi connectivity index (χ4n) is 2.25. The molecule has 1 amide bonds. The molecule has 1 saturated heterocycles. The standard InChI is InChI=1S/C13H17NO3/c1-9(2)6-8-13-7-4-3-5-10(13)14-12(16)17-11(13)15/h3-5,7,9-10H,6,8H2,1-2H3,(H,14,16). The third-order valence-corrected chi connectivity index (χ3v) is 3.34. The number of esters is 1. The zero-order valence-corrected chi connectivity index (χ0v) is 10.1. The molecule has 2 aliphatic rings. The van der Waals surface area contributed by atoms with Crippen molar-refractivity contribution < 1.29 is 14.3 Å². The van der Waals surface area contributed by atoms with Crippen LogP contribution in [0.15, 0.2) is 24.3 Å². The van der Waals surface area contributed by atoms with Crippen LogP contribution >= 0.6 is 0 Å². The first-order chi connectivity index (χ1) is 8.04. The number of alkyl carbamates (subject to hydrolysis) is 1. The summed E-state index contributed by atoms with van der Waals surface area (Å²) >= 11 is 0. The number of cyclic esters (lactones) is 2. The minimum absolute atomic E-state index is 0.278. The van der Waals surface area contributed by atoms with E-state index in [1.54, 1.807) is 0 Å². The summed E-state index contributed by atoms with van der Waals surface area (Å²) in [5.41, 5.74) is -0.715. The first-order valence-electron chi connectivity index (χ1n) is 5.93. The van der Waals surface area contributed by atoms with E-state index in [-0.39, 0.29) is 6.04 Å². The lowest BCUT2D eigenvalue weighted by molar-refractivity contribution is -0.150. The van der Waals surface area contributed by atoms with Crippen molar-refractivity contribution in [3.8, 4) is 0 Å². The van der Waals surface area contributed by atoms with Crippen molar-refractivity contribution in [2.45, 2.75) is 32.7 Å². The second kappa shape index (κ2) is 4.35. The molecule has 2 atom stereocenters. The summed E-state index contributed by atoms with van der Waals surface area (Å²) in [5.74, 6) is 0.0715. The average Bonchev–Trinajstić information content (AvgIpc) is 2.27. The van der Waals surface area contributed by atoms with Crippen LogP contribution in [0.3, 0.4) is 0 Å². The Morgan fingerprint density at radius 2 is 2.18 bits per heavy atom. The zero-order valence-electron chi connectivity index (χ0n) is 10.1. The number of nitrogens with one attached hydrogen (secondary N) is 1. The first-order valence-corrected chi connectivity index (χ1v) is 5.93. The Kier molecular flexibility index (Phi) is 3.05. The molecule has 1 aliphatic carbocycles. The molecule has 17 heavy (non-hydrogen) atoms. The summed E-state index contributed by atoms with van der Waals surface area (Å²) in [7, 11) is 0. The Hall–Kier alpha value is -1.58. The predicted molar refractivity (Wildman–Crippen MR) is 63.2 cm³/mol. The van der Waals surface area contributed by atoms with E-state index in [0.29, 0.717) is 12.3 Å². The van der Waals surface area contributed by atoms with E-state index in [4.69, 9.17) is 4.74 Å². The van der Waals surface area contributed by atoms with Crippen molar-refractivity contribution in [1.82, 2.24) is 5.32 Å². The maximum atomic E-state index is 12.0. The minimum atomic E-state index is -0.715. The number of carbonyl (C=O) groups excluding carboxylic acids is 2. The molecule has 0 aromatic rings. The lowest BCUT2D eigenvalue weighted by Crippen LogP contribution is -2.57. The van der Waals surface area contributed by atoms with E-state index in [9.17, 15) is 9.59 Å². The van der Waals surface area contributed by atoms with Gasteiger partial charge in [0.1, 0.15) is 5.41 Å². The fourth-order valence-corrected chi connectivity index (χ4v) is 2.25. The average molecular weight is 235 g/mol. The number of hydrogen-bond acceptors (Lipinski definition) is 3. The van der Waals surface area contributed by atoms with Crippen LogP contribution in [0.25, 0.3) is 0 Å². The van der Waals surface area contributed by atoms with E-state index in [1.165, 1.54) is 0 Å². The normalized spacial score (nSPS) is 31.1. The summed E-state index contributed by atoms with van der Waals surface area (Å²) < 4.78 is 4.72. The predicted octanol–water partition coefficient (Wildman–Crippen LogP) is 2.17. The molecular weight excluding hydrogens is 218 g/mol. The second-order valence-electron chi connectivity index (χ2n) is 5.02. The molecule has 1 fully saturated rings. The van der Waals surface area contributed by atoms with Gasteiger partial charge in [0, 0.05) is 0 Å². The molecule has 0 saturated carbocycles. The molecule has 0 bridgehead atoms. The number of fused-ring (bicyclic) bond motifs is 1. The molecule has 2 unspecified atom stereocenters. The largest absolute Gasteiger partial charge is 0.415 e. The van der Waals surface area contributed by atoms with E-state index < -0.39 is 17.5 Å². The monoisotopic (exact) mass is 235 g/mol. The summed E-state index contributed by atoms with van der Waals surface area (Å²) in [6.45, 7) is 4.22. The maximum absolute atomic E-state index is 12.0. The number of carbonyl (C=O) groups is 2. The molecule has 0 radical (unpaired) electrons. The Morgan fingerprint density at radius 1 is 1.41 bits per heavy atom. The Morgan fingerprint density at radius 3 is 2.88 bits per heavy atom. The Balaban J connectivity index is 2.25. The van der Waals surface area contributed by atoms with Crippen LogP contribution in [0.4, 0.5) is 4.79 Å². The van der Waals surface area contributed by atoms with Gasteiger partial charge in [-0.2, -0.15) is 0 Å². The Labute approximate surface area is 101 Å². The van der Waals surface area contributed by atoms with Crippen molar-refractivity contribution in [2.75, 3.05) is 0 Å². The quantitative estimate of drug-likeness (QED) is 0.602. The lowest BCUT2D eigenvalue weighted by Gasteiger charge is -2.39. The van der Waals surface area contributed by atoms with Gasteiger partial charge in [-0.3, -0.25) is 4.79 Å². The highest BCUT2D eigenvalue weighted by Gasteiger charge is 2.49. The molecule has 1 N–H and O–H groups in total. The van der Waals surface area contributed by atoms with E-state index >= 15 is 0 Å². The van der Waals surface area contributed by atoms with Crippen molar-refractivity contribution in [1.29, 1.82) is 0 Å². The van der Waals surface area contributed by atoms with E-state index in [0.717, 1.165) is 6.42 Å². The van der Waals surface area contributed by atoms with E-state index in [2.05, 4.69) is 19.2 Å². The Bertz CT molecular complexity index is 397. The van der Waals surface area contributed by atoms with Crippen LogP contribution in [-0.2, 0) is 9.53 Å². The van der Waals surface area contributed by atoms with Crippen molar-refractivity contribution >= 4 is 12.1 Å². The van der Waals surface area contributed by atoms with Crippen molar-refractivity contribution in [3.05, 3.63) is 24.3 Å². The fraction of sp³-hybridized carbons (Fsp3) is 0.538. The van der Waals surface area contributed by atoms with Crippen molar-refractivity contribution in [2.24, 2.45) is 11.3 Å². The van der Waals surface area contributed by atoms with Gasteiger partial charge in [0.15, 0.2) is 0 Å². The second-order valence-corrected chi connectivity index (χ2v) is 5.02. The van der Waals surface area contributed by atoms with Crippen LogP contribution in [0.2, 0.25) is 0 Å². The molecule has 2 rings (SSSR count). The van der Waals surface area contributed by atoms with Gasteiger partial charge in [-0.15, -0.1) is 0 Å². The molecule has 1 aliphatic heterocycles. The van der Waals surface area contributed by atoms with Gasteiger partial charge in [-0.05, 0) is 18.8 Å². The van der Waals surface area contributed by atoms with E-state index in [1.807, 2.05) is 24.3 Å². The van der Waals surface area contributed by atoms with Gasteiger partial charge in [-0.25, -0.2) is 4.79 Å². The van der Waals surface area contributed by atoms with Crippen molar-refractivity contribution in [3.63, 3.8) is 0 Å². The van der Waals surface area contributed by atoms with Crippen LogP contribution in [0.1, 0.15) is 26.7 Å². The molecule has 4 heteroatoms. The third-order valence-electron chi connectivity index (χ3n) is 3.34. The van der Waals surface area contributed by atoms with Gasteiger partial charge >= 0.3 is 12.1 Å². The summed E-state index contributed by atoms with van der Waals surface area (Å²) in [6, 6.07) is -0.278. The van der Waals surface area contributed by atoms with Gasteiger partial charge in [0.2, 0.25) is 0 Å². The van der Waals surface area contributed by atoms with Crippen LogP contribution in [-0.4, -0.2) is 18.1 Å². The molecule has 0 aromatic carbocycles. The number of amides is 1. The van der Waals surface area contributed by atoms with Gasteiger partial charge in [-0.1, -0.05) is 38.2 Å². The SMILES string of the molecule is CC(C)CCC12C=CC=CC1NC(=O)OC2=O. The van der Waals surface area contributed by atoms with Gasteiger partial charge in [0.05, 0.1) is 6.04 Å². The number of ether oxygens (including phenoxy) is 1. The third kappa shape index (κ3) is 2.12. The molecule has 92 valence electrons. The van der Waals surface area contributed by atoms with Crippen LogP contribution in [0, 0.1) is 11.3 Å². The summed E-state index contributed by atoms with van der Waals surface area (Å²) in [6.07, 6.45) is 8.34. The smallest absolute Gasteiger partial charge is 0.376 e. The lowest BCUT2D eigenvalue weighted by atomic mass is 9.72. The highest BCUT2D eigenvalue weighted by Crippen LogP contribution is 2.38. The summed E-state index contributed by atoms with van der Waals surface area (Å²) in [5, 5.41) is 2.69. The molecule has 0 aromatic heterocycles. The molecule has 1 heterocycles. The van der Waals surface area contributed by atoms with Crippen LogP contribution < -0.4 is 5.32 Å². The first kappa shape index (κ1) is 11.9. The number of allylic oxidation sites excluding steroid dienone is 2. The number of rotatable bonds is 3. The topological polar surface area (TPSA) is 55.4 Å². The highest BCUT2D eigenvalue weighted by atomic mass is 16.6. The number of hydrogen-bond donors (Lipinski definition) is 1.